The number of nitrogens with zero attached hydrogens (tertiary/aromatic N) is 4. The molecule has 4 rings (SSSR count). The van der Waals surface area contributed by atoms with Crippen LogP contribution in [0.5, 0.6) is 5.88 Å². The maximum Gasteiger partial charge on any atom is 0.410 e. The van der Waals surface area contributed by atoms with Crippen molar-refractivity contribution in [2.75, 3.05) is 13.1 Å². The first kappa shape index (κ1) is 25.7. The van der Waals surface area contributed by atoms with E-state index < -0.39 is 5.60 Å². The molecule has 1 aliphatic heterocycles. The Morgan fingerprint density at radius 2 is 1.44 bits per heavy atom. The number of rotatable bonds is 4. The Morgan fingerprint density at radius 1 is 0.944 bits per heavy atom. The molecule has 0 saturated carbocycles. The van der Waals surface area contributed by atoms with Crippen LogP contribution in [0.2, 0.25) is 10.0 Å². The van der Waals surface area contributed by atoms with E-state index in [1.807, 2.05) is 45.0 Å². The van der Waals surface area contributed by atoms with E-state index in [1.54, 1.807) is 29.2 Å². The molecule has 186 valence electrons. The highest BCUT2D eigenvalue weighted by atomic mass is 35.5. The number of amides is 1. The molecule has 9 heteroatoms. The van der Waals surface area contributed by atoms with Crippen molar-refractivity contribution >= 4 is 29.3 Å². The first-order valence-corrected chi connectivity index (χ1v) is 12.4. The second kappa shape index (κ2) is 10.7. The van der Waals surface area contributed by atoms with Crippen LogP contribution in [0.15, 0.2) is 48.5 Å². The third-order valence-corrected chi connectivity index (χ3v) is 6.08. The molecule has 1 fully saturated rings. The summed E-state index contributed by atoms with van der Waals surface area (Å²) in [5.41, 5.74) is 2.20. The van der Waals surface area contributed by atoms with Crippen molar-refractivity contribution in [1.82, 2.24) is 14.9 Å². The van der Waals surface area contributed by atoms with Crippen LogP contribution in [0.1, 0.15) is 39.3 Å². The Kier molecular flexibility index (Phi) is 7.67. The Balaban J connectivity index is 1.61. The molecule has 0 bridgehead atoms. The van der Waals surface area contributed by atoms with Gasteiger partial charge in [0.2, 0.25) is 5.69 Å². The fourth-order valence-electron chi connectivity index (χ4n) is 3.83. The molecule has 1 amide bonds. The molecule has 3 aromatic rings. The van der Waals surface area contributed by atoms with Crippen LogP contribution < -0.4 is 4.74 Å². The highest BCUT2D eigenvalue weighted by molar-refractivity contribution is 6.31. The van der Waals surface area contributed by atoms with Gasteiger partial charge in [-0.05, 0) is 45.0 Å². The number of carbonyl (C=O) groups is 1. The number of hydrogen-bond donors (Lipinski definition) is 0. The first-order chi connectivity index (χ1) is 17.1. The van der Waals surface area contributed by atoms with E-state index in [-0.39, 0.29) is 23.8 Å². The Labute approximate surface area is 220 Å². The van der Waals surface area contributed by atoms with Crippen molar-refractivity contribution in [2.24, 2.45) is 0 Å². The largest absolute Gasteiger partial charge is 0.472 e. The van der Waals surface area contributed by atoms with Crippen molar-refractivity contribution in [2.45, 2.75) is 45.3 Å². The van der Waals surface area contributed by atoms with Gasteiger partial charge in [0.15, 0.2) is 0 Å². The molecule has 7 nitrogen and oxygen atoms in total. The lowest BCUT2D eigenvalue weighted by molar-refractivity contribution is 0.0122. The van der Waals surface area contributed by atoms with E-state index in [9.17, 15) is 10.1 Å². The minimum Gasteiger partial charge on any atom is -0.472 e. The summed E-state index contributed by atoms with van der Waals surface area (Å²) in [4.78, 5) is 23.4. The van der Waals surface area contributed by atoms with Crippen molar-refractivity contribution in [3.63, 3.8) is 0 Å². The maximum atomic E-state index is 12.4. The second-order valence-electron chi connectivity index (χ2n) is 9.48. The number of ether oxygens (including phenoxy) is 2. The number of piperidine rings is 1. The van der Waals surface area contributed by atoms with E-state index in [2.05, 4.69) is 11.1 Å². The normalized spacial score (nSPS) is 14.3. The lowest BCUT2D eigenvalue weighted by Gasteiger charge is -2.33. The number of nitriles is 1. The number of hydrogen-bond acceptors (Lipinski definition) is 6. The van der Waals surface area contributed by atoms with Gasteiger partial charge in [0.05, 0.1) is 5.69 Å². The molecule has 0 spiro atoms. The fourth-order valence-corrected chi connectivity index (χ4v) is 4.09. The van der Waals surface area contributed by atoms with Gasteiger partial charge in [-0.2, -0.15) is 5.26 Å². The van der Waals surface area contributed by atoms with Gasteiger partial charge in [-0.15, -0.1) is 0 Å². The van der Waals surface area contributed by atoms with Crippen LogP contribution in [0.3, 0.4) is 0 Å². The molecule has 0 radical (unpaired) electrons. The second-order valence-corrected chi connectivity index (χ2v) is 10.4. The minimum atomic E-state index is -0.550. The van der Waals surface area contributed by atoms with Crippen molar-refractivity contribution in [3.05, 3.63) is 64.3 Å². The summed E-state index contributed by atoms with van der Waals surface area (Å²) in [6.45, 7) is 6.50. The quantitative estimate of drug-likeness (QED) is 0.374. The zero-order valence-electron chi connectivity index (χ0n) is 20.3. The average molecular weight is 525 g/mol. The monoisotopic (exact) mass is 524 g/mol. The molecule has 1 aliphatic rings. The Morgan fingerprint density at radius 3 is 1.92 bits per heavy atom. The van der Waals surface area contributed by atoms with E-state index >= 15 is 0 Å². The molecule has 36 heavy (non-hydrogen) atoms. The standard InChI is InChI=1S/C27H26Cl2N4O3/c1-27(2,3)36-26(34)33-14-12-21(13-15-33)35-25-22(16-30)31-23(17-4-8-19(28)9-5-17)24(32-25)18-6-10-20(29)11-7-18/h4-11,21H,12-15H2,1-3H3. The van der Waals surface area contributed by atoms with Crippen LogP contribution in [0.4, 0.5) is 4.79 Å². The molecular weight excluding hydrogens is 499 g/mol. The van der Waals surface area contributed by atoms with E-state index in [0.717, 1.165) is 11.1 Å². The zero-order valence-corrected chi connectivity index (χ0v) is 21.8. The maximum absolute atomic E-state index is 12.4. The highest BCUT2D eigenvalue weighted by Gasteiger charge is 2.29. The minimum absolute atomic E-state index is 0.0900. The van der Waals surface area contributed by atoms with Gasteiger partial charge < -0.3 is 14.4 Å². The van der Waals surface area contributed by atoms with Gasteiger partial charge in [0.1, 0.15) is 23.5 Å². The predicted molar refractivity (Wildman–Crippen MR) is 139 cm³/mol. The summed E-state index contributed by atoms with van der Waals surface area (Å²) in [6.07, 6.45) is 0.613. The van der Waals surface area contributed by atoms with Crippen molar-refractivity contribution in [1.29, 1.82) is 5.26 Å². The predicted octanol–water partition coefficient (Wildman–Crippen LogP) is 6.77. The summed E-state index contributed by atoms with van der Waals surface area (Å²) in [5, 5.41) is 11.0. The number of benzene rings is 2. The van der Waals surface area contributed by atoms with Crippen LogP contribution in [0.25, 0.3) is 22.5 Å². The molecule has 2 aromatic carbocycles. The fraction of sp³-hybridized carbons (Fsp3) is 0.333. The molecule has 0 aliphatic carbocycles. The van der Waals surface area contributed by atoms with Crippen molar-refractivity contribution in [3.8, 4) is 34.5 Å². The summed E-state index contributed by atoms with van der Waals surface area (Å²) >= 11 is 12.2. The molecule has 0 atom stereocenters. The number of halogens is 2. The lowest BCUT2D eigenvalue weighted by Crippen LogP contribution is -2.44. The van der Waals surface area contributed by atoms with Crippen LogP contribution in [0, 0.1) is 11.3 Å². The molecule has 1 saturated heterocycles. The summed E-state index contributed by atoms with van der Waals surface area (Å²) in [6, 6.07) is 16.6. The van der Waals surface area contributed by atoms with Crippen LogP contribution in [-0.2, 0) is 4.74 Å². The summed E-state index contributed by atoms with van der Waals surface area (Å²) in [5.74, 6) is 0.163. The molecule has 2 heterocycles. The number of likely N-dealkylation sites (tertiary alicyclic amines) is 1. The molecule has 0 unspecified atom stereocenters. The van der Waals surface area contributed by atoms with Gasteiger partial charge in [-0.1, -0.05) is 47.5 Å². The molecule has 0 N–H and O–H groups in total. The van der Waals surface area contributed by atoms with Gasteiger partial charge in [0, 0.05) is 47.1 Å². The smallest absolute Gasteiger partial charge is 0.410 e. The molecule has 1 aromatic heterocycles. The molecular formula is C27H26Cl2N4O3. The van der Waals surface area contributed by atoms with Gasteiger partial charge in [0.25, 0.3) is 5.88 Å². The SMILES string of the molecule is CC(C)(C)OC(=O)N1CCC(Oc2nc(-c3ccc(Cl)cc3)c(-c3ccc(Cl)cc3)nc2C#N)CC1. The Bertz CT molecular complexity index is 1270. The third-order valence-electron chi connectivity index (χ3n) is 5.58. The summed E-state index contributed by atoms with van der Waals surface area (Å²) in [7, 11) is 0. The van der Waals surface area contributed by atoms with E-state index in [0.29, 0.717) is 47.4 Å². The number of carbonyl (C=O) groups excluding carboxylic acids is 1. The van der Waals surface area contributed by atoms with E-state index in [4.69, 9.17) is 37.7 Å². The lowest BCUT2D eigenvalue weighted by atomic mass is 10.0. The third kappa shape index (κ3) is 6.26. The van der Waals surface area contributed by atoms with Gasteiger partial charge in [-0.3, -0.25) is 0 Å². The average Bonchev–Trinajstić information content (AvgIpc) is 2.84. The van der Waals surface area contributed by atoms with Crippen LogP contribution >= 0.6 is 23.2 Å². The summed E-state index contributed by atoms with van der Waals surface area (Å²) < 4.78 is 11.6. The van der Waals surface area contributed by atoms with Crippen molar-refractivity contribution < 1.29 is 14.3 Å². The first-order valence-electron chi connectivity index (χ1n) is 11.6. The Hall–Kier alpha value is -3.34. The highest BCUT2D eigenvalue weighted by Crippen LogP contribution is 2.34. The topological polar surface area (TPSA) is 88.3 Å². The van der Waals surface area contributed by atoms with E-state index in [1.165, 1.54) is 0 Å². The van der Waals surface area contributed by atoms with Crippen LogP contribution in [-0.4, -0.2) is 45.8 Å². The zero-order chi connectivity index (χ0) is 25.9. The van der Waals surface area contributed by atoms with Gasteiger partial charge in [-0.25, -0.2) is 14.8 Å². The van der Waals surface area contributed by atoms with Gasteiger partial charge >= 0.3 is 6.09 Å². The number of aromatic nitrogens is 2.